The molecule has 0 spiro atoms. The Morgan fingerprint density at radius 1 is 1.60 bits per heavy atom. The largest absolute Gasteiger partial charge is 0.397 e. The smallest absolute Gasteiger partial charge is 0.252 e. The van der Waals surface area contributed by atoms with Crippen LogP contribution in [0.25, 0.3) is 0 Å². The number of benzene rings is 1. The molecule has 2 aromatic rings. The number of rotatable bonds is 3. The van der Waals surface area contributed by atoms with Crippen molar-refractivity contribution in [3.8, 4) is 6.07 Å². The van der Waals surface area contributed by atoms with E-state index in [0.717, 1.165) is 6.07 Å². The number of nitrogen functional groups attached to an aromatic ring is 1. The Morgan fingerprint density at radius 2 is 2.35 bits per heavy atom. The number of aromatic nitrogens is 3. The van der Waals surface area contributed by atoms with Gasteiger partial charge in [0.05, 0.1) is 11.4 Å². The molecule has 8 heteroatoms. The van der Waals surface area contributed by atoms with E-state index in [1.165, 1.54) is 23.1 Å². The number of amides is 1. The lowest BCUT2D eigenvalue weighted by molar-refractivity contribution is -0.119. The molecule has 0 fully saturated rings. The van der Waals surface area contributed by atoms with Gasteiger partial charge in [0, 0.05) is 0 Å². The summed E-state index contributed by atoms with van der Waals surface area (Å²) in [7, 11) is 0. The second-order valence-electron chi connectivity index (χ2n) is 4.06. The van der Waals surface area contributed by atoms with Gasteiger partial charge >= 0.3 is 0 Å². The summed E-state index contributed by atoms with van der Waals surface area (Å²) in [5.74, 6) is -0.910. The highest BCUT2D eigenvalue weighted by Crippen LogP contribution is 2.20. The van der Waals surface area contributed by atoms with Crippen molar-refractivity contribution in [3.63, 3.8) is 0 Å². The molecular formula is C12H11FN6O. The van der Waals surface area contributed by atoms with Crippen molar-refractivity contribution in [1.82, 2.24) is 14.8 Å². The lowest BCUT2D eigenvalue weighted by Gasteiger charge is -2.13. The number of hydrogen-bond acceptors (Lipinski definition) is 5. The van der Waals surface area contributed by atoms with Crippen LogP contribution in [0.5, 0.6) is 0 Å². The molecular weight excluding hydrogens is 263 g/mol. The van der Waals surface area contributed by atoms with Crippen molar-refractivity contribution >= 4 is 17.3 Å². The van der Waals surface area contributed by atoms with Crippen LogP contribution in [0.4, 0.5) is 15.8 Å². The Bertz CT molecular complexity index is 689. The number of anilines is 2. The van der Waals surface area contributed by atoms with Gasteiger partial charge in [-0.1, -0.05) is 0 Å². The minimum atomic E-state index is -0.686. The van der Waals surface area contributed by atoms with Crippen molar-refractivity contribution in [2.24, 2.45) is 0 Å². The molecule has 102 valence electrons. The molecule has 1 unspecified atom stereocenters. The summed E-state index contributed by atoms with van der Waals surface area (Å²) in [6.07, 6.45) is 1.29. The maximum atomic E-state index is 12.9. The molecule has 0 radical (unpaired) electrons. The zero-order valence-electron chi connectivity index (χ0n) is 10.5. The van der Waals surface area contributed by atoms with Gasteiger partial charge in [0.2, 0.25) is 5.91 Å². The zero-order valence-corrected chi connectivity index (χ0v) is 10.5. The van der Waals surface area contributed by atoms with Gasteiger partial charge in [0.1, 0.15) is 24.3 Å². The number of nitrogens with one attached hydrogen (secondary N) is 1. The summed E-state index contributed by atoms with van der Waals surface area (Å²) < 4.78 is 14.2. The van der Waals surface area contributed by atoms with Crippen LogP contribution in [0.2, 0.25) is 0 Å². The van der Waals surface area contributed by atoms with Crippen LogP contribution in [0.3, 0.4) is 0 Å². The van der Waals surface area contributed by atoms with Gasteiger partial charge in [0.15, 0.2) is 0 Å². The standard InChI is InChI=1S/C12H11FN6O/c1-7(19-6-16-11(5-14)18-19)12(20)17-10-3-2-8(13)4-9(10)15/h2-4,6-7H,15H2,1H3,(H,17,20). The van der Waals surface area contributed by atoms with Crippen LogP contribution in [0.15, 0.2) is 24.5 Å². The van der Waals surface area contributed by atoms with E-state index in [-0.39, 0.29) is 11.5 Å². The molecule has 0 saturated heterocycles. The number of carbonyl (C=O) groups is 1. The topological polar surface area (TPSA) is 110 Å². The highest BCUT2D eigenvalue weighted by Gasteiger charge is 2.17. The van der Waals surface area contributed by atoms with E-state index in [1.54, 1.807) is 13.0 Å². The average molecular weight is 274 g/mol. The van der Waals surface area contributed by atoms with E-state index < -0.39 is 17.8 Å². The molecule has 1 heterocycles. The molecule has 1 aromatic heterocycles. The third-order valence-corrected chi connectivity index (χ3v) is 2.66. The van der Waals surface area contributed by atoms with Crippen LogP contribution >= 0.6 is 0 Å². The molecule has 1 aromatic carbocycles. The average Bonchev–Trinajstić information content (AvgIpc) is 2.89. The van der Waals surface area contributed by atoms with Crippen LogP contribution < -0.4 is 11.1 Å². The molecule has 0 saturated carbocycles. The fourth-order valence-corrected chi connectivity index (χ4v) is 1.52. The minimum absolute atomic E-state index is 0.0223. The summed E-state index contributed by atoms with van der Waals surface area (Å²) in [6.45, 7) is 1.59. The molecule has 2 rings (SSSR count). The first-order chi connectivity index (χ1) is 9.51. The number of nitrogens with two attached hydrogens (primary N) is 1. The molecule has 3 N–H and O–H groups in total. The number of halogens is 1. The number of nitrogens with zero attached hydrogens (tertiary/aromatic N) is 4. The van der Waals surface area contributed by atoms with E-state index in [2.05, 4.69) is 15.4 Å². The van der Waals surface area contributed by atoms with Crippen LogP contribution in [-0.2, 0) is 4.79 Å². The molecule has 0 aliphatic heterocycles. The first-order valence-corrected chi connectivity index (χ1v) is 5.68. The monoisotopic (exact) mass is 274 g/mol. The molecule has 7 nitrogen and oxygen atoms in total. The SMILES string of the molecule is CC(C(=O)Nc1ccc(F)cc1N)n1cnc(C#N)n1. The summed E-state index contributed by atoms with van der Waals surface area (Å²) >= 11 is 0. The molecule has 1 atom stereocenters. The van der Waals surface area contributed by atoms with E-state index >= 15 is 0 Å². The minimum Gasteiger partial charge on any atom is -0.397 e. The quantitative estimate of drug-likeness (QED) is 0.813. The van der Waals surface area contributed by atoms with Gasteiger partial charge < -0.3 is 11.1 Å². The van der Waals surface area contributed by atoms with Gasteiger partial charge in [-0.25, -0.2) is 14.1 Å². The van der Waals surface area contributed by atoms with Crippen LogP contribution in [0.1, 0.15) is 18.8 Å². The van der Waals surface area contributed by atoms with Crippen molar-refractivity contribution in [2.75, 3.05) is 11.1 Å². The summed E-state index contributed by atoms with van der Waals surface area (Å²) in [5, 5.41) is 15.0. The van der Waals surface area contributed by atoms with E-state index in [9.17, 15) is 9.18 Å². The third kappa shape index (κ3) is 2.72. The zero-order chi connectivity index (χ0) is 14.7. The van der Waals surface area contributed by atoms with Crippen LogP contribution in [-0.4, -0.2) is 20.7 Å². The van der Waals surface area contributed by atoms with Gasteiger partial charge in [-0.15, -0.1) is 5.10 Å². The van der Waals surface area contributed by atoms with Crippen molar-refractivity contribution < 1.29 is 9.18 Å². The predicted octanol–water partition coefficient (Wildman–Crippen LogP) is 1.07. The normalized spacial score (nSPS) is 11.7. The Hall–Kier alpha value is -2.95. The summed E-state index contributed by atoms with van der Waals surface area (Å²) in [5.41, 5.74) is 6.04. The third-order valence-electron chi connectivity index (χ3n) is 2.66. The van der Waals surface area contributed by atoms with Gasteiger partial charge in [-0.05, 0) is 25.1 Å². The van der Waals surface area contributed by atoms with Crippen molar-refractivity contribution in [1.29, 1.82) is 5.26 Å². The van der Waals surface area contributed by atoms with Crippen molar-refractivity contribution in [2.45, 2.75) is 13.0 Å². The second kappa shape index (κ2) is 5.36. The fourth-order valence-electron chi connectivity index (χ4n) is 1.52. The number of hydrogen-bond donors (Lipinski definition) is 2. The summed E-state index contributed by atoms with van der Waals surface area (Å²) in [4.78, 5) is 15.7. The van der Waals surface area contributed by atoms with Gasteiger partial charge in [-0.2, -0.15) is 5.26 Å². The lowest BCUT2D eigenvalue weighted by Crippen LogP contribution is -2.24. The highest BCUT2D eigenvalue weighted by molar-refractivity contribution is 5.96. The molecule has 0 aliphatic rings. The first-order valence-electron chi connectivity index (χ1n) is 5.68. The Labute approximate surface area is 113 Å². The van der Waals surface area contributed by atoms with E-state index in [0.29, 0.717) is 5.69 Å². The van der Waals surface area contributed by atoms with Crippen LogP contribution in [0, 0.1) is 17.1 Å². The highest BCUT2D eigenvalue weighted by atomic mass is 19.1. The summed E-state index contributed by atoms with van der Waals surface area (Å²) in [6, 6.07) is 4.77. The van der Waals surface area contributed by atoms with Gasteiger partial charge in [0.25, 0.3) is 5.82 Å². The Morgan fingerprint density at radius 3 is 2.95 bits per heavy atom. The Kier molecular flexibility index (Phi) is 3.61. The molecule has 20 heavy (non-hydrogen) atoms. The van der Waals surface area contributed by atoms with Crippen molar-refractivity contribution in [3.05, 3.63) is 36.2 Å². The number of nitriles is 1. The van der Waals surface area contributed by atoms with E-state index in [1.807, 2.05) is 0 Å². The number of carbonyl (C=O) groups excluding carboxylic acids is 1. The Balaban J connectivity index is 2.13. The molecule has 0 aliphatic carbocycles. The maximum Gasteiger partial charge on any atom is 0.252 e. The first kappa shape index (κ1) is 13.5. The molecule has 0 bridgehead atoms. The maximum absolute atomic E-state index is 12.9. The fraction of sp³-hybridized carbons (Fsp3) is 0.167. The predicted molar refractivity (Wildman–Crippen MR) is 68.9 cm³/mol. The second-order valence-corrected chi connectivity index (χ2v) is 4.06. The molecule has 1 amide bonds. The van der Waals surface area contributed by atoms with Gasteiger partial charge in [-0.3, -0.25) is 4.79 Å². The van der Waals surface area contributed by atoms with E-state index in [4.69, 9.17) is 11.0 Å². The lowest BCUT2D eigenvalue weighted by atomic mass is 10.2.